The summed E-state index contributed by atoms with van der Waals surface area (Å²) in [6.07, 6.45) is -2.82. The third kappa shape index (κ3) is 6.78. The number of anilines is 2. The van der Waals surface area contributed by atoms with Crippen LogP contribution in [0.1, 0.15) is 23.5 Å². The number of alkyl halides is 2. The van der Waals surface area contributed by atoms with Gasteiger partial charge in [-0.2, -0.15) is 4.98 Å². The fourth-order valence-corrected chi connectivity index (χ4v) is 4.04. The first-order chi connectivity index (χ1) is 18.8. The number of hydrogen-bond donors (Lipinski definition) is 3. The van der Waals surface area contributed by atoms with Crippen LogP contribution in [-0.2, 0) is 6.61 Å². The predicted molar refractivity (Wildman–Crippen MR) is 140 cm³/mol. The second-order valence-corrected chi connectivity index (χ2v) is 8.55. The van der Waals surface area contributed by atoms with E-state index in [2.05, 4.69) is 19.9 Å². The van der Waals surface area contributed by atoms with Crippen molar-refractivity contribution in [3.05, 3.63) is 77.5 Å². The molecule has 0 aliphatic heterocycles. The van der Waals surface area contributed by atoms with Crippen LogP contribution in [-0.4, -0.2) is 56.5 Å². The van der Waals surface area contributed by atoms with Gasteiger partial charge in [0, 0.05) is 24.3 Å². The average Bonchev–Trinajstić information content (AvgIpc) is 2.91. The Balaban J connectivity index is 1.79. The van der Waals surface area contributed by atoms with E-state index in [1.807, 2.05) is 0 Å². The lowest BCUT2D eigenvalue weighted by Crippen LogP contribution is -2.30. The van der Waals surface area contributed by atoms with Gasteiger partial charge in [-0.1, -0.05) is 6.07 Å². The predicted octanol–water partition coefficient (Wildman–Crippen LogP) is 3.94. The zero-order valence-corrected chi connectivity index (χ0v) is 21.1. The van der Waals surface area contributed by atoms with Crippen LogP contribution in [0.4, 0.5) is 24.9 Å². The number of nitrogens with zero attached hydrogens (tertiary/aromatic N) is 5. The largest absolute Gasteiger partial charge is 0.471 e. The average molecular weight is 541 g/mol. The Kier molecular flexibility index (Phi) is 8.89. The first-order valence-electron chi connectivity index (χ1n) is 12.0. The van der Waals surface area contributed by atoms with Gasteiger partial charge in [-0.3, -0.25) is 4.98 Å². The number of nitrogen functional groups attached to an aromatic ring is 1. The van der Waals surface area contributed by atoms with E-state index < -0.39 is 17.9 Å². The summed E-state index contributed by atoms with van der Waals surface area (Å²) >= 11 is 0. The normalized spacial score (nSPS) is 11.2. The quantitative estimate of drug-likeness (QED) is 0.259. The van der Waals surface area contributed by atoms with Crippen molar-refractivity contribution in [3.63, 3.8) is 0 Å². The number of aromatic nitrogens is 4. The summed E-state index contributed by atoms with van der Waals surface area (Å²) in [6.45, 7) is 1.83. The van der Waals surface area contributed by atoms with E-state index in [-0.39, 0.29) is 56.0 Å². The van der Waals surface area contributed by atoms with Crippen molar-refractivity contribution < 1.29 is 28.1 Å². The number of rotatable bonds is 11. The maximum atomic E-state index is 13.7. The lowest BCUT2D eigenvalue weighted by molar-refractivity contribution is 0.146. The standard InChI is InChI=1S/C27H27F3N6O3/c1-16-13-18(14-21(32-16)25(29)30)23-24(17-5-7-19(28)8-6-17)34-27(31)35-26(23)39-15-20-3-2-4-22(33-20)36(9-11-37)10-12-38/h2-8,13-14,25,37-38H,9-12,15H2,1H3,(H2,31,34,35). The van der Waals surface area contributed by atoms with Crippen LogP contribution in [0.25, 0.3) is 22.4 Å². The number of ether oxygens (including phenoxy) is 1. The molecule has 0 unspecified atom stereocenters. The molecule has 0 radical (unpaired) electrons. The summed E-state index contributed by atoms with van der Waals surface area (Å²) < 4.78 is 47.0. The summed E-state index contributed by atoms with van der Waals surface area (Å²) in [5.74, 6) is -0.0463. The molecule has 3 heterocycles. The third-order valence-electron chi connectivity index (χ3n) is 5.71. The highest BCUT2D eigenvalue weighted by molar-refractivity contribution is 5.85. The Bertz CT molecular complexity index is 1420. The van der Waals surface area contributed by atoms with Crippen LogP contribution in [0, 0.1) is 12.7 Å². The van der Waals surface area contributed by atoms with Crippen LogP contribution in [0.5, 0.6) is 5.88 Å². The smallest absolute Gasteiger partial charge is 0.280 e. The Labute approximate surface area is 222 Å². The van der Waals surface area contributed by atoms with Crippen molar-refractivity contribution in [2.24, 2.45) is 0 Å². The fraction of sp³-hybridized carbons (Fsp3) is 0.259. The van der Waals surface area contributed by atoms with Gasteiger partial charge in [-0.25, -0.2) is 23.1 Å². The molecule has 1 aromatic carbocycles. The number of aliphatic hydroxyl groups excluding tert-OH is 2. The van der Waals surface area contributed by atoms with Gasteiger partial charge in [0.05, 0.1) is 30.2 Å². The molecule has 4 aromatic rings. The van der Waals surface area contributed by atoms with E-state index in [4.69, 9.17) is 10.5 Å². The first-order valence-corrected chi connectivity index (χ1v) is 12.0. The Hall–Kier alpha value is -4.29. The highest BCUT2D eigenvalue weighted by atomic mass is 19.3. The van der Waals surface area contributed by atoms with Crippen molar-refractivity contribution >= 4 is 11.8 Å². The molecule has 4 N–H and O–H groups in total. The van der Waals surface area contributed by atoms with Gasteiger partial charge >= 0.3 is 0 Å². The zero-order chi connectivity index (χ0) is 27.9. The highest BCUT2D eigenvalue weighted by Crippen LogP contribution is 2.39. The molecule has 39 heavy (non-hydrogen) atoms. The van der Waals surface area contributed by atoms with Crippen molar-refractivity contribution in [2.75, 3.05) is 36.9 Å². The minimum absolute atomic E-state index is 0.0161. The summed E-state index contributed by atoms with van der Waals surface area (Å²) in [5, 5.41) is 18.7. The van der Waals surface area contributed by atoms with Crippen LogP contribution in [0.15, 0.2) is 54.6 Å². The number of aliphatic hydroxyl groups is 2. The molecule has 0 saturated heterocycles. The van der Waals surface area contributed by atoms with E-state index in [0.717, 1.165) is 0 Å². The number of pyridine rings is 2. The molecule has 4 rings (SSSR count). The van der Waals surface area contributed by atoms with Gasteiger partial charge < -0.3 is 25.6 Å². The highest BCUT2D eigenvalue weighted by Gasteiger charge is 2.22. The number of aryl methyl sites for hydroxylation is 1. The van der Waals surface area contributed by atoms with Crippen LogP contribution in [0.3, 0.4) is 0 Å². The van der Waals surface area contributed by atoms with Gasteiger partial charge in [0.15, 0.2) is 0 Å². The van der Waals surface area contributed by atoms with E-state index in [9.17, 15) is 23.4 Å². The molecular formula is C27H27F3N6O3. The first kappa shape index (κ1) is 27.7. The fourth-order valence-electron chi connectivity index (χ4n) is 4.04. The molecule has 0 aliphatic rings. The number of nitrogens with two attached hydrogens (primary N) is 1. The summed E-state index contributed by atoms with van der Waals surface area (Å²) in [7, 11) is 0. The van der Waals surface area contributed by atoms with Crippen molar-refractivity contribution in [1.82, 2.24) is 19.9 Å². The second-order valence-electron chi connectivity index (χ2n) is 8.55. The SMILES string of the molecule is Cc1cc(-c2c(OCc3cccc(N(CCO)CCO)n3)nc(N)nc2-c2ccc(F)cc2)cc(C(F)F)n1. The summed E-state index contributed by atoms with van der Waals surface area (Å²) in [5.41, 5.74) is 7.76. The number of benzene rings is 1. The molecule has 0 bridgehead atoms. The monoisotopic (exact) mass is 540 g/mol. The van der Waals surface area contributed by atoms with E-state index in [1.54, 1.807) is 36.1 Å². The molecule has 0 fully saturated rings. The van der Waals surface area contributed by atoms with Crippen LogP contribution < -0.4 is 15.4 Å². The molecule has 0 atom stereocenters. The Morgan fingerprint density at radius 3 is 2.31 bits per heavy atom. The lowest BCUT2D eigenvalue weighted by Gasteiger charge is -2.22. The minimum Gasteiger partial charge on any atom is -0.471 e. The molecule has 0 saturated carbocycles. The maximum absolute atomic E-state index is 13.7. The van der Waals surface area contributed by atoms with E-state index in [0.29, 0.717) is 28.3 Å². The molecule has 9 nitrogen and oxygen atoms in total. The summed E-state index contributed by atoms with van der Waals surface area (Å²) in [4.78, 5) is 18.8. The molecule has 204 valence electrons. The molecular weight excluding hydrogens is 513 g/mol. The van der Waals surface area contributed by atoms with Gasteiger partial charge in [0.2, 0.25) is 11.8 Å². The zero-order valence-electron chi connectivity index (χ0n) is 21.1. The minimum atomic E-state index is -2.82. The van der Waals surface area contributed by atoms with Crippen molar-refractivity contribution in [2.45, 2.75) is 20.0 Å². The Morgan fingerprint density at radius 2 is 1.64 bits per heavy atom. The second kappa shape index (κ2) is 12.5. The number of hydrogen-bond acceptors (Lipinski definition) is 9. The molecule has 12 heteroatoms. The van der Waals surface area contributed by atoms with E-state index >= 15 is 0 Å². The third-order valence-corrected chi connectivity index (χ3v) is 5.71. The van der Waals surface area contributed by atoms with Gasteiger partial charge in [0.25, 0.3) is 6.43 Å². The van der Waals surface area contributed by atoms with Crippen molar-refractivity contribution in [3.8, 4) is 28.3 Å². The van der Waals surface area contributed by atoms with Gasteiger partial charge in [0.1, 0.15) is 23.9 Å². The molecule has 0 spiro atoms. The summed E-state index contributed by atoms with van der Waals surface area (Å²) in [6, 6.07) is 13.5. The van der Waals surface area contributed by atoms with Crippen LogP contribution >= 0.6 is 0 Å². The number of halogens is 3. The van der Waals surface area contributed by atoms with Crippen LogP contribution in [0.2, 0.25) is 0 Å². The van der Waals surface area contributed by atoms with Gasteiger partial charge in [-0.15, -0.1) is 0 Å². The topological polar surface area (TPSA) is 131 Å². The Morgan fingerprint density at radius 1 is 0.923 bits per heavy atom. The van der Waals surface area contributed by atoms with Gasteiger partial charge in [-0.05, 0) is 61.0 Å². The lowest BCUT2D eigenvalue weighted by atomic mass is 9.99. The molecule has 0 amide bonds. The molecule has 3 aromatic heterocycles. The molecule has 0 aliphatic carbocycles. The maximum Gasteiger partial charge on any atom is 0.280 e. The van der Waals surface area contributed by atoms with E-state index in [1.165, 1.54) is 30.3 Å². The van der Waals surface area contributed by atoms with Crippen molar-refractivity contribution in [1.29, 1.82) is 0 Å².